The van der Waals surface area contributed by atoms with Gasteiger partial charge in [0.1, 0.15) is 6.04 Å². The van der Waals surface area contributed by atoms with Gasteiger partial charge >= 0.3 is 0 Å². The monoisotopic (exact) mass is 366 g/mol. The summed E-state index contributed by atoms with van der Waals surface area (Å²) in [6.45, 7) is 1.96. The van der Waals surface area contributed by atoms with Crippen molar-refractivity contribution >= 4 is 34.2 Å². The molecule has 3 nitrogen and oxygen atoms in total. The van der Waals surface area contributed by atoms with Crippen molar-refractivity contribution < 1.29 is 4.79 Å². The van der Waals surface area contributed by atoms with Crippen LogP contribution >= 0.6 is 22.6 Å². The zero-order chi connectivity index (χ0) is 13.8. The van der Waals surface area contributed by atoms with Crippen LogP contribution in [-0.2, 0) is 4.79 Å². The molecule has 0 bridgehead atoms. The lowest BCUT2D eigenvalue weighted by Gasteiger charge is -2.14. The fourth-order valence-corrected chi connectivity index (χ4v) is 2.44. The molecule has 0 unspecified atom stereocenters. The lowest BCUT2D eigenvalue weighted by atomic mass is 10.1. The topological polar surface area (TPSA) is 55.1 Å². The van der Waals surface area contributed by atoms with Crippen molar-refractivity contribution in [1.29, 1.82) is 0 Å². The molecule has 0 heterocycles. The highest BCUT2D eigenvalue weighted by Crippen LogP contribution is 2.19. The molecule has 0 saturated heterocycles. The summed E-state index contributed by atoms with van der Waals surface area (Å²) in [6, 6.07) is 14.6. The Morgan fingerprint density at radius 2 is 1.89 bits per heavy atom. The summed E-state index contributed by atoms with van der Waals surface area (Å²) in [4.78, 5) is 12.1. The fraction of sp³-hybridized carbons (Fsp3) is 0.133. The van der Waals surface area contributed by atoms with Crippen molar-refractivity contribution in [3.63, 3.8) is 0 Å². The highest BCUT2D eigenvalue weighted by Gasteiger charge is 2.16. The predicted molar refractivity (Wildman–Crippen MR) is 85.9 cm³/mol. The van der Waals surface area contributed by atoms with E-state index in [0.29, 0.717) is 0 Å². The first-order valence-electron chi connectivity index (χ1n) is 5.95. The van der Waals surface area contributed by atoms with Crippen molar-refractivity contribution in [1.82, 2.24) is 0 Å². The van der Waals surface area contributed by atoms with E-state index in [1.165, 1.54) is 0 Å². The number of hydrogen-bond donors (Lipinski definition) is 2. The quantitative estimate of drug-likeness (QED) is 0.820. The maximum absolute atomic E-state index is 12.1. The molecule has 0 fully saturated rings. The zero-order valence-corrected chi connectivity index (χ0v) is 12.7. The molecule has 1 atom stereocenters. The van der Waals surface area contributed by atoms with Crippen molar-refractivity contribution in [2.24, 2.45) is 5.73 Å². The molecule has 3 N–H and O–H groups in total. The minimum atomic E-state index is -0.653. The van der Waals surface area contributed by atoms with Crippen LogP contribution in [-0.4, -0.2) is 5.91 Å². The number of carbonyl (C=O) groups excluding carboxylic acids is 1. The standard InChI is InChI=1S/C15H15IN2O/c1-10-9-12(16)7-8-13(10)18-15(19)14(17)11-5-3-2-4-6-11/h2-9,14H,17H2,1H3,(H,18,19)/t14-/m0/s1. The van der Waals surface area contributed by atoms with Gasteiger partial charge in [0.05, 0.1) is 0 Å². The van der Waals surface area contributed by atoms with E-state index in [-0.39, 0.29) is 5.91 Å². The predicted octanol–water partition coefficient (Wildman–Crippen LogP) is 3.24. The maximum Gasteiger partial charge on any atom is 0.245 e. The lowest BCUT2D eigenvalue weighted by molar-refractivity contribution is -0.117. The summed E-state index contributed by atoms with van der Waals surface area (Å²) in [7, 11) is 0. The molecule has 1 amide bonds. The molecule has 0 saturated carbocycles. The summed E-state index contributed by atoms with van der Waals surface area (Å²) in [5.41, 5.74) is 8.59. The zero-order valence-electron chi connectivity index (χ0n) is 10.6. The molecule has 2 rings (SSSR count). The van der Waals surface area contributed by atoms with Crippen molar-refractivity contribution in [3.8, 4) is 0 Å². The van der Waals surface area contributed by atoms with E-state index < -0.39 is 6.04 Å². The molecule has 2 aromatic rings. The smallest absolute Gasteiger partial charge is 0.245 e. The molecule has 19 heavy (non-hydrogen) atoms. The van der Waals surface area contributed by atoms with Crippen molar-refractivity contribution in [2.75, 3.05) is 5.32 Å². The number of hydrogen-bond acceptors (Lipinski definition) is 2. The van der Waals surface area contributed by atoms with Crippen LogP contribution in [0.3, 0.4) is 0 Å². The number of nitrogens with two attached hydrogens (primary N) is 1. The van der Waals surface area contributed by atoms with Gasteiger partial charge in [-0.15, -0.1) is 0 Å². The molecule has 0 aliphatic carbocycles. The van der Waals surface area contributed by atoms with E-state index >= 15 is 0 Å². The summed E-state index contributed by atoms with van der Waals surface area (Å²) in [5, 5.41) is 2.87. The fourth-order valence-electron chi connectivity index (χ4n) is 1.79. The van der Waals surface area contributed by atoms with Crippen molar-refractivity contribution in [2.45, 2.75) is 13.0 Å². The van der Waals surface area contributed by atoms with Crippen LogP contribution < -0.4 is 11.1 Å². The van der Waals surface area contributed by atoms with Crippen LogP contribution in [0.4, 0.5) is 5.69 Å². The van der Waals surface area contributed by atoms with Gasteiger partial charge in [0.25, 0.3) is 0 Å². The first-order valence-corrected chi connectivity index (χ1v) is 7.03. The second kappa shape index (κ2) is 6.16. The van der Waals surface area contributed by atoms with Crippen LogP contribution in [0, 0.1) is 10.5 Å². The molecule has 0 aliphatic heterocycles. The van der Waals surface area contributed by atoms with E-state index in [4.69, 9.17) is 5.73 Å². The third-order valence-electron chi connectivity index (χ3n) is 2.89. The van der Waals surface area contributed by atoms with E-state index in [9.17, 15) is 4.79 Å². The molecule has 98 valence electrons. The van der Waals surface area contributed by atoms with Gasteiger partial charge in [-0.05, 0) is 58.8 Å². The number of halogens is 1. The highest BCUT2D eigenvalue weighted by molar-refractivity contribution is 14.1. The van der Waals surface area contributed by atoms with Gasteiger partial charge in [-0.1, -0.05) is 30.3 Å². The maximum atomic E-state index is 12.1. The normalized spacial score (nSPS) is 11.9. The van der Waals surface area contributed by atoms with Gasteiger partial charge in [-0.25, -0.2) is 0 Å². The molecular weight excluding hydrogens is 351 g/mol. The number of rotatable bonds is 3. The summed E-state index contributed by atoms with van der Waals surface area (Å²) in [6.07, 6.45) is 0. The van der Waals surface area contributed by atoms with Crippen LogP contribution in [0.15, 0.2) is 48.5 Å². The molecule has 4 heteroatoms. The second-order valence-electron chi connectivity index (χ2n) is 4.34. The molecule has 0 aromatic heterocycles. The Morgan fingerprint density at radius 1 is 1.21 bits per heavy atom. The average Bonchev–Trinajstić information content (AvgIpc) is 2.42. The first-order chi connectivity index (χ1) is 9.08. The molecule has 0 aliphatic rings. The number of carbonyl (C=O) groups is 1. The van der Waals surface area contributed by atoms with Crippen LogP contribution in [0.25, 0.3) is 0 Å². The van der Waals surface area contributed by atoms with Gasteiger partial charge in [0.2, 0.25) is 5.91 Å². The van der Waals surface area contributed by atoms with Crippen LogP contribution in [0.1, 0.15) is 17.2 Å². The van der Waals surface area contributed by atoms with Gasteiger partial charge in [0.15, 0.2) is 0 Å². The third kappa shape index (κ3) is 3.54. The second-order valence-corrected chi connectivity index (χ2v) is 5.58. The Kier molecular flexibility index (Phi) is 4.55. The minimum absolute atomic E-state index is 0.199. The third-order valence-corrected chi connectivity index (χ3v) is 3.56. The Labute approximate surface area is 126 Å². The Hall–Kier alpha value is -1.40. The Balaban J connectivity index is 2.13. The Morgan fingerprint density at radius 3 is 2.53 bits per heavy atom. The first kappa shape index (κ1) is 14.0. The lowest BCUT2D eigenvalue weighted by Crippen LogP contribution is -2.27. The van der Waals surface area contributed by atoms with Crippen LogP contribution in [0.2, 0.25) is 0 Å². The van der Waals surface area contributed by atoms with E-state index in [0.717, 1.165) is 20.4 Å². The number of amides is 1. The van der Waals surface area contributed by atoms with E-state index in [1.807, 2.05) is 55.5 Å². The van der Waals surface area contributed by atoms with Gasteiger partial charge in [0, 0.05) is 9.26 Å². The summed E-state index contributed by atoms with van der Waals surface area (Å²) in [5.74, 6) is -0.199. The van der Waals surface area contributed by atoms with Gasteiger partial charge in [-0.2, -0.15) is 0 Å². The molecule has 0 spiro atoms. The number of aryl methyl sites for hydroxylation is 1. The highest BCUT2D eigenvalue weighted by atomic mass is 127. The Bertz CT molecular complexity index is 584. The average molecular weight is 366 g/mol. The van der Waals surface area contributed by atoms with E-state index in [1.54, 1.807) is 0 Å². The molecule has 2 aromatic carbocycles. The SMILES string of the molecule is Cc1cc(I)ccc1NC(=O)[C@@H](N)c1ccccc1. The minimum Gasteiger partial charge on any atom is -0.324 e. The van der Waals surface area contributed by atoms with Crippen molar-refractivity contribution in [3.05, 3.63) is 63.2 Å². The molecular formula is C15H15IN2O. The number of benzene rings is 2. The number of anilines is 1. The summed E-state index contributed by atoms with van der Waals surface area (Å²) < 4.78 is 1.14. The van der Waals surface area contributed by atoms with Gasteiger partial charge in [-0.3, -0.25) is 4.79 Å². The van der Waals surface area contributed by atoms with Gasteiger partial charge < -0.3 is 11.1 Å². The largest absolute Gasteiger partial charge is 0.324 e. The number of nitrogens with one attached hydrogen (secondary N) is 1. The van der Waals surface area contributed by atoms with Crippen LogP contribution in [0.5, 0.6) is 0 Å². The summed E-state index contributed by atoms with van der Waals surface area (Å²) >= 11 is 2.24. The van der Waals surface area contributed by atoms with E-state index in [2.05, 4.69) is 27.9 Å². The molecule has 0 radical (unpaired) electrons.